The summed E-state index contributed by atoms with van der Waals surface area (Å²) in [5, 5.41) is 0. The maximum atomic E-state index is 2.45. The second kappa shape index (κ2) is 3.82. The number of hydrogen-bond donors (Lipinski definition) is 0. The molecular formula is C10H20IN. The first-order valence-electron chi connectivity index (χ1n) is 5.11. The number of rotatable bonds is 1. The quantitative estimate of drug-likeness (QED) is 0.422. The predicted molar refractivity (Wildman–Crippen MR) is 47.3 cm³/mol. The third kappa shape index (κ3) is 1.65. The van der Waals surface area contributed by atoms with Gasteiger partial charge in [0.15, 0.2) is 0 Å². The topological polar surface area (TPSA) is 0 Å². The fourth-order valence-electron chi connectivity index (χ4n) is 3.09. The van der Waals surface area contributed by atoms with Crippen LogP contribution in [0, 0.1) is 11.8 Å². The Balaban J connectivity index is 0.000000720. The maximum absolute atomic E-state index is 2.45. The standard InChI is InChI=1S/C10H20N.HI/c1-3-11-6-4-10(5-7-11)9(2)8-11;/h9-10H,3-8H2,1-2H3;1H/q+1;/p-1. The van der Waals surface area contributed by atoms with E-state index >= 15 is 0 Å². The Morgan fingerprint density at radius 2 is 1.83 bits per heavy atom. The first-order valence-corrected chi connectivity index (χ1v) is 5.11. The van der Waals surface area contributed by atoms with Crippen LogP contribution in [0.2, 0.25) is 0 Å². The number of piperidine rings is 3. The summed E-state index contributed by atoms with van der Waals surface area (Å²) in [6.45, 7) is 10.6. The molecule has 3 aliphatic rings. The summed E-state index contributed by atoms with van der Waals surface area (Å²) < 4.78 is 1.44. The van der Waals surface area contributed by atoms with Crippen LogP contribution in [-0.4, -0.2) is 30.7 Å². The van der Waals surface area contributed by atoms with Crippen LogP contribution < -0.4 is 24.0 Å². The van der Waals surface area contributed by atoms with Crippen molar-refractivity contribution in [2.45, 2.75) is 26.7 Å². The molecule has 2 bridgehead atoms. The van der Waals surface area contributed by atoms with Crippen LogP contribution in [0.25, 0.3) is 0 Å². The van der Waals surface area contributed by atoms with Crippen LogP contribution in [0.15, 0.2) is 0 Å². The number of quaternary nitrogens is 1. The zero-order valence-electron chi connectivity index (χ0n) is 8.22. The fourth-order valence-corrected chi connectivity index (χ4v) is 3.09. The van der Waals surface area contributed by atoms with Gasteiger partial charge >= 0.3 is 0 Å². The van der Waals surface area contributed by atoms with Gasteiger partial charge < -0.3 is 28.5 Å². The third-order valence-electron chi connectivity index (χ3n) is 4.10. The van der Waals surface area contributed by atoms with Crippen molar-refractivity contribution in [3.8, 4) is 0 Å². The molecule has 0 aliphatic carbocycles. The van der Waals surface area contributed by atoms with Gasteiger partial charge in [-0.25, -0.2) is 0 Å². The molecule has 0 spiro atoms. The average molecular weight is 281 g/mol. The van der Waals surface area contributed by atoms with Gasteiger partial charge in [-0.2, -0.15) is 0 Å². The van der Waals surface area contributed by atoms with E-state index in [1.54, 1.807) is 0 Å². The Labute approximate surface area is 93.1 Å². The zero-order chi connectivity index (χ0) is 7.90. The van der Waals surface area contributed by atoms with E-state index in [0.29, 0.717) is 0 Å². The van der Waals surface area contributed by atoms with Crippen LogP contribution >= 0.6 is 0 Å². The molecule has 3 fully saturated rings. The van der Waals surface area contributed by atoms with Crippen LogP contribution in [0.3, 0.4) is 0 Å². The minimum absolute atomic E-state index is 0. The number of halogens is 1. The number of hydrogen-bond acceptors (Lipinski definition) is 0. The van der Waals surface area contributed by atoms with E-state index in [9.17, 15) is 0 Å². The molecule has 0 aromatic carbocycles. The zero-order valence-corrected chi connectivity index (χ0v) is 10.4. The molecule has 1 atom stereocenters. The minimum Gasteiger partial charge on any atom is -1.00 e. The molecule has 0 radical (unpaired) electrons. The van der Waals surface area contributed by atoms with Gasteiger partial charge in [0, 0.05) is 18.8 Å². The maximum Gasteiger partial charge on any atom is 0.0815 e. The summed E-state index contributed by atoms with van der Waals surface area (Å²) >= 11 is 0. The normalized spacial score (nSPS) is 45.5. The Morgan fingerprint density at radius 1 is 1.25 bits per heavy atom. The molecule has 12 heavy (non-hydrogen) atoms. The highest BCUT2D eigenvalue weighted by atomic mass is 127. The Bertz CT molecular complexity index is 150. The molecule has 0 saturated carbocycles. The molecule has 3 saturated heterocycles. The van der Waals surface area contributed by atoms with E-state index in [1.165, 1.54) is 43.5 Å². The highest BCUT2D eigenvalue weighted by molar-refractivity contribution is 4.76. The van der Waals surface area contributed by atoms with Crippen molar-refractivity contribution in [2.75, 3.05) is 26.2 Å². The summed E-state index contributed by atoms with van der Waals surface area (Å²) in [7, 11) is 0. The minimum atomic E-state index is 0. The molecule has 0 N–H and O–H groups in total. The first kappa shape index (κ1) is 10.8. The van der Waals surface area contributed by atoms with Gasteiger partial charge in [-0.15, -0.1) is 0 Å². The number of fused-ring (bicyclic) bond motifs is 3. The van der Waals surface area contributed by atoms with Gasteiger partial charge in [0.2, 0.25) is 0 Å². The monoisotopic (exact) mass is 281 g/mol. The smallest absolute Gasteiger partial charge is 0.0815 e. The molecule has 72 valence electrons. The largest absolute Gasteiger partial charge is 1.00 e. The molecule has 1 unspecified atom stereocenters. The SMILES string of the molecule is CC[N+]12CCC(CC1)C(C)C2.[I-]. The average Bonchev–Trinajstić information content (AvgIpc) is 2.06. The second-order valence-electron chi connectivity index (χ2n) is 4.60. The molecule has 3 heterocycles. The summed E-state index contributed by atoms with van der Waals surface area (Å²) in [4.78, 5) is 0. The molecule has 0 aromatic rings. The van der Waals surface area contributed by atoms with Crippen LogP contribution in [0.5, 0.6) is 0 Å². The van der Waals surface area contributed by atoms with E-state index in [-0.39, 0.29) is 24.0 Å². The lowest BCUT2D eigenvalue weighted by Gasteiger charge is -2.51. The molecule has 3 aliphatic heterocycles. The van der Waals surface area contributed by atoms with E-state index in [0.717, 1.165) is 11.8 Å². The van der Waals surface area contributed by atoms with Gasteiger partial charge in [-0.1, -0.05) is 6.92 Å². The summed E-state index contributed by atoms with van der Waals surface area (Å²) in [5.74, 6) is 2.10. The molecule has 0 amide bonds. The first-order chi connectivity index (χ1) is 5.26. The van der Waals surface area contributed by atoms with Crippen molar-refractivity contribution < 1.29 is 28.5 Å². The third-order valence-corrected chi connectivity index (χ3v) is 4.10. The van der Waals surface area contributed by atoms with E-state index < -0.39 is 0 Å². The lowest BCUT2D eigenvalue weighted by molar-refractivity contribution is -0.945. The van der Waals surface area contributed by atoms with E-state index in [1.807, 2.05) is 0 Å². The van der Waals surface area contributed by atoms with Crippen molar-refractivity contribution in [2.24, 2.45) is 11.8 Å². The van der Waals surface area contributed by atoms with Crippen molar-refractivity contribution in [1.29, 1.82) is 0 Å². The van der Waals surface area contributed by atoms with Crippen LogP contribution in [-0.2, 0) is 0 Å². The fraction of sp³-hybridized carbons (Fsp3) is 1.00. The lowest BCUT2D eigenvalue weighted by atomic mass is 9.78. The van der Waals surface area contributed by atoms with E-state index in [2.05, 4.69) is 13.8 Å². The second-order valence-corrected chi connectivity index (χ2v) is 4.60. The molecular weight excluding hydrogens is 261 g/mol. The van der Waals surface area contributed by atoms with Crippen molar-refractivity contribution in [3.63, 3.8) is 0 Å². The summed E-state index contributed by atoms with van der Waals surface area (Å²) in [6.07, 6.45) is 3.02. The lowest BCUT2D eigenvalue weighted by Crippen LogP contribution is -3.00. The van der Waals surface area contributed by atoms with Gasteiger partial charge in [-0.05, 0) is 12.8 Å². The summed E-state index contributed by atoms with van der Waals surface area (Å²) in [5.41, 5.74) is 0. The van der Waals surface area contributed by atoms with Crippen molar-refractivity contribution in [1.82, 2.24) is 0 Å². The molecule has 3 rings (SSSR count). The van der Waals surface area contributed by atoms with Crippen molar-refractivity contribution in [3.05, 3.63) is 0 Å². The van der Waals surface area contributed by atoms with Crippen LogP contribution in [0.1, 0.15) is 26.7 Å². The summed E-state index contributed by atoms with van der Waals surface area (Å²) in [6, 6.07) is 0. The Morgan fingerprint density at radius 3 is 2.17 bits per heavy atom. The molecule has 0 aromatic heterocycles. The molecule has 1 nitrogen and oxygen atoms in total. The van der Waals surface area contributed by atoms with Crippen LogP contribution in [0.4, 0.5) is 0 Å². The van der Waals surface area contributed by atoms with E-state index in [4.69, 9.17) is 0 Å². The highest BCUT2D eigenvalue weighted by Gasteiger charge is 2.42. The van der Waals surface area contributed by atoms with Gasteiger partial charge in [0.1, 0.15) is 0 Å². The van der Waals surface area contributed by atoms with Gasteiger partial charge in [0.05, 0.1) is 26.2 Å². The van der Waals surface area contributed by atoms with Gasteiger partial charge in [0.25, 0.3) is 0 Å². The predicted octanol–water partition coefficient (Wildman–Crippen LogP) is -1.11. The van der Waals surface area contributed by atoms with Gasteiger partial charge in [-0.3, -0.25) is 0 Å². The Hall–Kier alpha value is 0.690. The molecule has 2 heteroatoms. The Kier molecular flexibility index (Phi) is 3.43. The number of nitrogens with zero attached hydrogens (tertiary/aromatic N) is 1. The highest BCUT2D eigenvalue weighted by Crippen LogP contribution is 2.36. The van der Waals surface area contributed by atoms with Crippen molar-refractivity contribution >= 4 is 0 Å².